The number of oxime groups is 1. The lowest BCUT2D eigenvalue weighted by Crippen LogP contribution is -2.71. The number of thioether (sulfide) groups is 2. The van der Waals surface area contributed by atoms with Gasteiger partial charge < -0.3 is 20.6 Å². The number of carbonyl (C=O) groups excluding carboxylic acids is 3. The Hall–Kier alpha value is -3.99. The first-order chi connectivity index (χ1) is 18.3. The minimum atomic E-state index is -1.24. The Bertz CT molecular complexity index is 1310. The number of tetrazole rings is 1. The topological polar surface area (TPSA) is 194 Å². The zero-order valence-electron chi connectivity index (χ0n) is 20.2. The van der Waals surface area contributed by atoms with E-state index >= 15 is 0 Å². The molecule has 4 rings (SSSR count). The van der Waals surface area contributed by atoms with Gasteiger partial charge >= 0.3 is 5.97 Å². The summed E-state index contributed by atoms with van der Waals surface area (Å²) >= 11 is 2.60. The third-order valence-electron chi connectivity index (χ3n) is 5.36. The lowest BCUT2D eigenvalue weighted by molar-refractivity contribution is -0.150. The number of aliphatic carboxylic acids is 1. The molecule has 0 radical (unpaired) electrons. The lowest BCUT2D eigenvalue weighted by atomic mass is 10.0. The van der Waals surface area contributed by atoms with Crippen LogP contribution in [0.3, 0.4) is 0 Å². The van der Waals surface area contributed by atoms with Gasteiger partial charge in [0.15, 0.2) is 5.71 Å². The van der Waals surface area contributed by atoms with Gasteiger partial charge in [-0.25, -0.2) is 14.5 Å². The molecule has 200 valence electrons. The number of anilines is 1. The highest BCUT2D eigenvalue weighted by atomic mass is 32.2. The van der Waals surface area contributed by atoms with Crippen LogP contribution in [0.1, 0.15) is 19.0 Å². The molecule has 15 nitrogen and oxygen atoms in total. The zero-order valence-corrected chi connectivity index (χ0v) is 21.9. The molecule has 4 heterocycles. The quantitative estimate of drug-likeness (QED) is 0.0775. The van der Waals surface area contributed by atoms with Crippen molar-refractivity contribution < 1.29 is 29.1 Å². The van der Waals surface area contributed by atoms with Gasteiger partial charge in [0.2, 0.25) is 11.6 Å². The van der Waals surface area contributed by atoms with Crippen LogP contribution in [-0.4, -0.2) is 94.6 Å². The van der Waals surface area contributed by atoms with Crippen LogP contribution in [0.25, 0.3) is 0 Å². The molecule has 1 saturated heterocycles. The van der Waals surface area contributed by atoms with E-state index in [1.807, 2.05) is 6.92 Å². The maximum Gasteiger partial charge on any atom is 0.352 e. The summed E-state index contributed by atoms with van der Waals surface area (Å²) in [5.41, 5.74) is 0.364. The van der Waals surface area contributed by atoms with Gasteiger partial charge in [0.25, 0.3) is 11.8 Å². The number of nitrogens with zero attached hydrogens (tertiary/aromatic N) is 7. The van der Waals surface area contributed by atoms with Gasteiger partial charge in [-0.2, -0.15) is 0 Å². The molecule has 2 aliphatic heterocycles. The first kappa shape index (κ1) is 27.1. The third kappa shape index (κ3) is 5.62. The summed E-state index contributed by atoms with van der Waals surface area (Å²) in [4.78, 5) is 59.7. The smallest absolute Gasteiger partial charge is 0.352 e. The van der Waals surface area contributed by atoms with Crippen molar-refractivity contribution in [3.63, 3.8) is 0 Å². The summed E-state index contributed by atoms with van der Waals surface area (Å²) in [6.07, 6.45) is 1.09. The van der Waals surface area contributed by atoms with E-state index in [2.05, 4.69) is 36.3 Å². The standard InChI is InChI=1S/C21H23N9O6S2/c1-3-7-36-26-14(12-5-4-6-13(23-12)22-10-31)17(32)24-15-18(33)30-16(20(34)35)11(8-37-19(15)30)9-38-21-25-27-28-29(21)2/h4-6,10,15,19H,3,7-9H2,1-2H3,(H,24,32)(H,34,35)(H,22,23,31)/t15?,19-/m1/s1. The number of carbonyl (C=O) groups is 4. The molecule has 1 unspecified atom stereocenters. The molecule has 0 bridgehead atoms. The molecule has 1 fully saturated rings. The van der Waals surface area contributed by atoms with E-state index in [1.54, 1.807) is 13.1 Å². The van der Waals surface area contributed by atoms with E-state index in [4.69, 9.17) is 4.84 Å². The second-order valence-corrected chi connectivity index (χ2v) is 9.98. The molecule has 2 atom stereocenters. The van der Waals surface area contributed by atoms with Crippen LogP contribution in [0.4, 0.5) is 5.82 Å². The largest absolute Gasteiger partial charge is 0.477 e. The van der Waals surface area contributed by atoms with Crippen molar-refractivity contribution in [2.75, 3.05) is 23.4 Å². The number of hydrogen-bond acceptors (Lipinski definition) is 12. The molecule has 3 amide bonds. The van der Waals surface area contributed by atoms with Gasteiger partial charge in [-0.1, -0.05) is 29.9 Å². The zero-order chi connectivity index (χ0) is 27.2. The van der Waals surface area contributed by atoms with Crippen molar-refractivity contribution in [2.24, 2.45) is 12.2 Å². The maximum absolute atomic E-state index is 13.2. The Morgan fingerprint density at radius 2 is 2.21 bits per heavy atom. The maximum atomic E-state index is 13.2. The highest BCUT2D eigenvalue weighted by molar-refractivity contribution is 8.01. The van der Waals surface area contributed by atoms with Crippen LogP contribution >= 0.6 is 23.5 Å². The second kappa shape index (κ2) is 12.0. The molecule has 0 spiro atoms. The summed E-state index contributed by atoms with van der Waals surface area (Å²) in [6, 6.07) is 3.63. The highest BCUT2D eigenvalue weighted by Gasteiger charge is 2.54. The molecule has 0 saturated carbocycles. The van der Waals surface area contributed by atoms with Gasteiger partial charge in [-0.15, -0.1) is 16.9 Å². The lowest BCUT2D eigenvalue weighted by Gasteiger charge is -2.49. The fourth-order valence-electron chi connectivity index (χ4n) is 3.61. The molecule has 2 aromatic heterocycles. The van der Waals surface area contributed by atoms with Crippen LogP contribution in [0.15, 0.2) is 39.8 Å². The Balaban J connectivity index is 1.51. The van der Waals surface area contributed by atoms with Crippen LogP contribution in [0, 0.1) is 0 Å². The number of carboxylic acids is 1. The summed E-state index contributed by atoms with van der Waals surface area (Å²) in [5, 5.41) is 29.9. The van der Waals surface area contributed by atoms with Crippen molar-refractivity contribution in [3.05, 3.63) is 35.2 Å². The Morgan fingerprint density at radius 3 is 2.89 bits per heavy atom. The third-order valence-corrected chi connectivity index (χ3v) is 7.79. The molecule has 38 heavy (non-hydrogen) atoms. The molecular formula is C21H23N9O6S2. The van der Waals surface area contributed by atoms with Gasteiger partial charge in [-0.3, -0.25) is 19.3 Å². The summed E-state index contributed by atoms with van der Waals surface area (Å²) < 4.78 is 1.47. The molecule has 3 N–H and O–H groups in total. The van der Waals surface area contributed by atoms with E-state index in [0.717, 1.165) is 0 Å². The van der Waals surface area contributed by atoms with Crippen molar-refractivity contribution in [1.82, 2.24) is 35.4 Å². The number of hydrogen-bond donors (Lipinski definition) is 3. The number of amides is 3. The van der Waals surface area contributed by atoms with Gasteiger partial charge in [0.05, 0.1) is 0 Å². The molecule has 0 aromatic carbocycles. The van der Waals surface area contributed by atoms with Gasteiger partial charge in [0, 0.05) is 18.6 Å². The number of β-lactam (4-membered cyclic amide) rings is 1. The van der Waals surface area contributed by atoms with E-state index in [9.17, 15) is 24.3 Å². The van der Waals surface area contributed by atoms with Crippen LogP contribution in [0.2, 0.25) is 0 Å². The normalized spacial score (nSPS) is 18.9. The van der Waals surface area contributed by atoms with E-state index in [0.29, 0.717) is 29.3 Å². The number of aromatic nitrogens is 5. The Morgan fingerprint density at radius 1 is 1.39 bits per heavy atom. The van der Waals surface area contributed by atoms with E-state index in [-0.39, 0.29) is 35.3 Å². The first-order valence-corrected chi connectivity index (χ1v) is 13.3. The summed E-state index contributed by atoms with van der Waals surface area (Å²) in [7, 11) is 1.67. The predicted octanol–water partition coefficient (Wildman–Crippen LogP) is -0.165. The molecule has 0 aliphatic carbocycles. The van der Waals surface area contributed by atoms with Gasteiger partial charge in [0.1, 0.15) is 35.2 Å². The fraction of sp³-hybridized carbons (Fsp3) is 0.381. The summed E-state index contributed by atoms with van der Waals surface area (Å²) in [6.45, 7) is 2.12. The predicted molar refractivity (Wildman–Crippen MR) is 136 cm³/mol. The van der Waals surface area contributed by atoms with Crippen molar-refractivity contribution >= 4 is 59.2 Å². The Labute approximate surface area is 224 Å². The van der Waals surface area contributed by atoms with E-state index < -0.39 is 29.2 Å². The summed E-state index contributed by atoms with van der Waals surface area (Å²) in [5.74, 6) is -1.72. The van der Waals surface area contributed by atoms with Crippen LogP contribution in [0.5, 0.6) is 0 Å². The van der Waals surface area contributed by atoms with Gasteiger partial charge in [-0.05, 0) is 34.6 Å². The number of fused-ring (bicyclic) bond motifs is 1. The highest BCUT2D eigenvalue weighted by Crippen LogP contribution is 2.41. The van der Waals surface area contributed by atoms with Crippen molar-refractivity contribution in [1.29, 1.82) is 0 Å². The number of rotatable bonds is 12. The number of pyridine rings is 1. The average molecular weight is 562 g/mol. The number of carboxylic acid groups (broad SMARTS) is 1. The first-order valence-electron chi connectivity index (χ1n) is 11.3. The Kier molecular flexibility index (Phi) is 8.57. The van der Waals surface area contributed by atoms with Crippen LogP contribution in [-0.2, 0) is 31.1 Å². The molecule has 2 aliphatic rings. The minimum absolute atomic E-state index is 0.110. The second-order valence-electron chi connectivity index (χ2n) is 7.94. The minimum Gasteiger partial charge on any atom is -0.477 e. The number of nitrogens with one attached hydrogen (secondary N) is 2. The number of aryl methyl sites for hydroxylation is 1. The monoisotopic (exact) mass is 561 g/mol. The van der Waals surface area contributed by atoms with Crippen molar-refractivity contribution in [3.8, 4) is 0 Å². The van der Waals surface area contributed by atoms with E-state index in [1.165, 1.54) is 45.2 Å². The SMILES string of the molecule is CCCON=C(C(=O)NC1C(=O)N2C(C(=O)O)=C(CSc3nnnn3C)CS[C@H]12)c1cccc(NC=O)n1. The average Bonchev–Trinajstić information content (AvgIpc) is 3.32. The molecule has 2 aromatic rings. The fourth-order valence-corrected chi connectivity index (χ4v) is 5.95. The molecule has 17 heteroatoms. The van der Waals surface area contributed by atoms with Crippen LogP contribution < -0.4 is 10.6 Å². The van der Waals surface area contributed by atoms with Crippen molar-refractivity contribution in [2.45, 2.75) is 29.9 Å². The molecular weight excluding hydrogens is 538 g/mol.